The molecule has 1 aliphatic carbocycles. The number of aliphatic hydroxyl groups is 1. The molecule has 6 heteroatoms. The number of carbonyl (C=O) groups excluding carboxylic acids is 1. The highest BCUT2D eigenvalue weighted by Gasteiger charge is 2.76. The van der Waals surface area contributed by atoms with Crippen LogP contribution < -0.4 is 5.32 Å². The van der Waals surface area contributed by atoms with Crippen LogP contribution in [0, 0.1) is 50.7 Å². The largest absolute Gasteiger partial charge is 0.371 e. The van der Waals surface area contributed by atoms with Gasteiger partial charge in [0.2, 0.25) is 5.91 Å². The number of hydrogen-bond acceptors (Lipinski definition) is 5. The van der Waals surface area contributed by atoms with E-state index < -0.39 is 34.3 Å². The fourth-order valence-electron chi connectivity index (χ4n) is 4.07. The second kappa shape index (κ2) is 4.56. The zero-order valence-corrected chi connectivity index (χ0v) is 12.4. The van der Waals surface area contributed by atoms with Crippen molar-refractivity contribution in [3.05, 3.63) is 35.9 Å². The van der Waals surface area contributed by atoms with Crippen LogP contribution in [0.5, 0.6) is 0 Å². The van der Waals surface area contributed by atoms with Crippen molar-refractivity contribution >= 4 is 5.91 Å². The van der Waals surface area contributed by atoms with Crippen molar-refractivity contribution in [1.82, 2.24) is 5.32 Å². The molecule has 0 radical (unpaired) electrons. The lowest BCUT2D eigenvalue weighted by Gasteiger charge is -2.48. The molecule has 1 amide bonds. The Morgan fingerprint density at radius 2 is 1.78 bits per heavy atom. The number of benzene rings is 1. The van der Waals surface area contributed by atoms with Gasteiger partial charge < -0.3 is 10.4 Å². The molecule has 6 nitrogen and oxygen atoms in total. The minimum absolute atomic E-state index is 0.263. The van der Waals surface area contributed by atoms with Gasteiger partial charge in [-0.2, -0.15) is 15.8 Å². The third kappa shape index (κ3) is 1.55. The van der Waals surface area contributed by atoms with E-state index in [0.717, 1.165) is 0 Å². The minimum Gasteiger partial charge on any atom is -0.371 e. The Balaban J connectivity index is 2.35. The summed E-state index contributed by atoms with van der Waals surface area (Å²) in [5, 5.41) is 42.6. The number of nitrogens with zero attached hydrogens (tertiary/aromatic N) is 3. The standard InChI is InChI=1S/C17H14N4O2/c1-11-13(12-5-3-2-4-6-12)16(9-19,10-20)15(8-18)7-17(11,23)21-14(15)22/h2-6,11,13,23H,7H2,1H3,(H,21,22)/t11-,13-,15+,17-/m0/s1. The van der Waals surface area contributed by atoms with Gasteiger partial charge in [-0.3, -0.25) is 4.79 Å². The van der Waals surface area contributed by atoms with Crippen molar-refractivity contribution < 1.29 is 9.90 Å². The van der Waals surface area contributed by atoms with E-state index in [1.165, 1.54) is 0 Å². The fraction of sp³-hybridized carbons (Fsp3) is 0.412. The molecule has 2 bridgehead atoms. The highest BCUT2D eigenvalue weighted by Crippen LogP contribution is 2.64. The quantitative estimate of drug-likeness (QED) is 0.806. The van der Waals surface area contributed by atoms with Crippen LogP contribution in [0.15, 0.2) is 30.3 Å². The molecule has 0 spiro atoms. The van der Waals surface area contributed by atoms with E-state index in [1.54, 1.807) is 37.3 Å². The molecule has 2 N–H and O–H groups in total. The van der Waals surface area contributed by atoms with Crippen molar-refractivity contribution in [2.24, 2.45) is 16.7 Å². The van der Waals surface area contributed by atoms with E-state index in [2.05, 4.69) is 5.32 Å². The molecule has 3 rings (SSSR count). The van der Waals surface area contributed by atoms with Crippen LogP contribution in [0.3, 0.4) is 0 Å². The molecule has 2 aliphatic rings. The molecule has 1 saturated carbocycles. The number of rotatable bonds is 1. The Morgan fingerprint density at radius 3 is 2.30 bits per heavy atom. The summed E-state index contributed by atoms with van der Waals surface area (Å²) in [6, 6.07) is 14.6. The van der Waals surface area contributed by atoms with Gasteiger partial charge in [0.1, 0.15) is 5.72 Å². The fourth-order valence-corrected chi connectivity index (χ4v) is 4.07. The van der Waals surface area contributed by atoms with Crippen LogP contribution in [0.4, 0.5) is 0 Å². The zero-order valence-electron chi connectivity index (χ0n) is 12.4. The van der Waals surface area contributed by atoms with E-state index in [1.807, 2.05) is 18.2 Å². The van der Waals surface area contributed by atoms with Gasteiger partial charge in [-0.25, -0.2) is 0 Å². The van der Waals surface area contributed by atoms with E-state index in [9.17, 15) is 25.7 Å². The number of carbonyl (C=O) groups is 1. The van der Waals surface area contributed by atoms with Gasteiger partial charge in [0.15, 0.2) is 10.8 Å². The average Bonchev–Trinajstić information content (AvgIpc) is 2.82. The number of fused-ring (bicyclic) bond motifs is 2. The van der Waals surface area contributed by atoms with Gasteiger partial charge in [-0.05, 0) is 5.56 Å². The molecule has 1 saturated heterocycles. The monoisotopic (exact) mass is 306 g/mol. The molecule has 4 atom stereocenters. The summed E-state index contributed by atoms with van der Waals surface area (Å²) in [5.74, 6) is -2.12. The molecule has 1 aromatic rings. The molecule has 1 heterocycles. The van der Waals surface area contributed by atoms with Gasteiger partial charge in [-0.15, -0.1) is 0 Å². The average molecular weight is 306 g/mol. The molecule has 1 aliphatic heterocycles. The van der Waals surface area contributed by atoms with Crippen LogP contribution in [-0.4, -0.2) is 16.7 Å². The second-order valence-electron chi connectivity index (χ2n) is 6.28. The Hall–Kier alpha value is -2.88. The third-order valence-electron chi connectivity index (χ3n) is 5.35. The smallest absolute Gasteiger partial charge is 0.245 e. The van der Waals surface area contributed by atoms with Crippen LogP contribution in [0.2, 0.25) is 0 Å². The number of nitriles is 3. The summed E-state index contributed by atoms with van der Waals surface area (Å²) in [6.45, 7) is 1.69. The summed E-state index contributed by atoms with van der Waals surface area (Å²) < 4.78 is 0. The molecule has 0 aromatic heterocycles. The maximum Gasteiger partial charge on any atom is 0.245 e. The van der Waals surface area contributed by atoms with Crippen molar-refractivity contribution in [1.29, 1.82) is 15.8 Å². The number of hydrogen-bond donors (Lipinski definition) is 2. The van der Waals surface area contributed by atoms with Gasteiger partial charge in [0.05, 0.1) is 18.2 Å². The normalized spacial score (nSPS) is 37.1. The summed E-state index contributed by atoms with van der Waals surface area (Å²) in [6.07, 6.45) is -0.263. The van der Waals surface area contributed by atoms with Crippen molar-refractivity contribution in [2.75, 3.05) is 0 Å². The minimum atomic E-state index is -1.89. The Bertz CT molecular complexity index is 787. The first-order chi connectivity index (χ1) is 10.9. The Kier molecular flexibility index (Phi) is 2.98. The molecule has 1 aromatic carbocycles. The second-order valence-corrected chi connectivity index (χ2v) is 6.28. The number of nitrogens with one attached hydrogen (secondary N) is 1. The van der Waals surface area contributed by atoms with E-state index in [0.29, 0.717) is 5.56 Å². The maximum absolute atomic E-state index is 12.5. The van der Waals surface area contributed by atoms with Gasteiger partial charge >= 0.3 is 0 Å². The lowest BCUT2D eigenvalue weighted by molar-refractivity contribution is -0.128. The van der Waals surface area contributed by atoms with Crippen LogP contribution in [-0.2, 0) is 4.79 Å². The summed E-state index contributed by atoms with van der Waals surface area (Å²) in [7, 11) is 0. The first-order valence-electron chi connectivity index (χ1n) is 7.24. The highest BCUT2D eigenvalue weighted by atomic mass is 16.3. The SMILES string of the molecule is C[C@H]1[C@@H](c2ccccc2)C(C#N)(C#N)[C@@]2(C#N)C[C@@]1(O)NC2=O. The van der Waals surface area contributed by atoms with Gasteiger partial charge in [-0.1, -0.05) is 37.3 Å². The summed E-state index contributed by atoms with van der Waals surface area (Å²) in [4.78, 5) is 12.5. The van der Waals surface area contributed by atoms with Crippen LogP contribution in [0.25, 0.3) is 0 Å². The van der Waals surface area contributed by atoms with Crippen LogP contribution in [0.1, 0.15) is 24.8 Å². The van der Waals surface area contributed by atoms with Crippen molar-refractivity contribution in [3.8, 4) is 18.2 Å². The van der Waals surface area contributed by atoms with Crippen molar-refractivity contribution in [3.63, 3.8) is 0 Å². The van der Waals surface area contributed by atoms with Crippen LogP contribution >= 0.6 is 0 Å². The number of amides is 1. The Labute approximate surface area is 133 Å². The lowest BCUT2D eigenvalue weighted by Crippen LogP contribution is -2.56. The molecular weight excluding hydrogens is 292 g/mol. The molecule has 114 valence electrons. The predicted octanol–water partition coefficient (Wildman–Crippen LogP) is 1.17. The first kappa shape index (κ1) is 15.0. The topological polar surface area (TPSA) is 121 Å². The summed E-state index contributed by atoms with van der Waals surface area (Å²) in [5.41, 5.74) is -4.71. The van der Waals surface area contributed by atoms with E-state index in [-0.39, 0.29) is 6.42 Å². The molecule has 0 unspecified atom stereocenters. The van der Waals surface area contributed by atoms with Gasteiger partial charge in [0.25, 0.3) is 0 Å². The zero-order chi connectivity index (χ0) is 16.9. The molecular formula is C17H14N4O2. The lowest BCUT2D eigenvalue weighted by atomic mass is 9.49. The highest BCUT2D eigenvalue weighted by molar-refractivity contribution is 5.92. The molecule has 2 fully saturated rings. The third-order valence-corrected chi connectivity index (χ3v) is 5.35. The predicted molar refractivity (Wildman–Crippen MR) is 77.8 cm³/mol. The maximum atomic E-state index is 12.5. The van der Waals surface area contributed by atoms with Crippen molar-refractivity contribution in [2.45, 2.75) is 25.0 Å². The first-order valence-corrected chi connectivity index (χ1v) is 7.24. The summed E-state index contributed by atoms with van der Waals surface area (Å²) >= 11 is 0. The van der Waals surface area contributed by atoms with E-state index >= 15 is 0 Å². The van der Waals surface area contributed by atoms with Gasteiger partial charge in [0, 0.05) is 18.3 Å². The van der Waals surface area contributed by atoms with E-state index in [4.69, 9.17) is 0 Å². The molecule has 23 heavy (non-hydrogen) atoms. The Morgan fingerprint density at radius 1 is 1.17 bits per heavy atom.